The molecule has 0 aliphatic carbocycles. The molecule has 2 N–H and O–H groups in total. The van der Waals surface area contributed by atoms with Crippen molar-refractivity contribution in [2.75, 3.05) is 20.1 Å². The van der Waals surface area contributed by atoms with E-state index in [9.17, 15) is 14.7 Å². The van der Waals surface area contributed by atoms with Crippen molar-refractivity contribution in [1.82, 2.24) is 10.2 Å². The van der Waals surface area contributed by atoms with Gasteiger partial charge in [0.05, 0.1) is 11.0 Å². The Morgan fingerprint density at radius 3 is 2.67 bits per heavy atom. The third-order valence-corrected chi connectivity index (χ3v) is 3.18. The fourth-order valence-electron chi connectivity index (χ4n) is 1.22. The number of benzene rings is 1. The highest BCUT2D eigenvalue weighted by Gasteiger charge is 2.11. The van der Waals surface area contributed by atoms with E-state index in [1.807, 2.05) is 6.92 Å². The van der Waals surface area contributed by atoms with Crippen LogP contribution in [-0.4, -0.2) is 42.0 Å². The van der Waals surface area contributed by atoms with E-state index in [1.54, 1.807) is 19.2 Å². The second-order valence-corrected chi connectivity index (χ2v) is 4.61. The van der Waals surface area contributed by atoms with Crippen LogP contribution in [0, 0.1) is 0 Å². The van der Waals surface area contributed by atoms with E-state index < -0.39 is 5.91 Å². The summed E-state index contributed by atoms with van der Waals surface area (Å²) < 4.78 is 0.515. The summed E-state index contributed by atoms with van der Waals surface area (Å²) in [6, 6.07) is 4.48. The van der Waals surface area contributed by atoms with Crippen molar-refractivity contribution >= 4 is 27.7 Å². The lowest BCUT2D eigenvalue weighted by Crippen LogP contribution is -2.37. The minimum atomic E-state index is -0.393. The van der Waals surface area contributed by atoms with Crippen LogP contribution in [0.25, 0.3) is 0 Å². The summed E-state index contributed by atoms with van der Waals surface area (Å²) in [5.41, 5.74) is 0.308. The van der Waals surface area contributed by atoms with Crippen LogP contribution in [0.15, 0.2) is 22.7 Å². The summed E-state index contributed by atoms with van der Waals surface area (Å²) in [5.74, 6) is -0.567. The topological polar surface area (TPSA) is 69.6 Å². The first-order valence-corrected chi connectivity index (χ1v) is 6.25. The van der Waals surface area contributed by atoms with Crippen molar-refractivity contribution in [2.24, 2.45) is 0 Å². The second kappa shape index (κ2) is 6.39. The van der Waals surface area contributed by atoms with Gasteiger partial charge in [-0.2, -0.15) is 0 Å². The van der Waals surface area contributed by atoms with E-state index in [0.29, 0.717) is 16.6 Å². The van der Waals surface area contributed by atoms with Crippen LogP contribution >= 0.6 is 15.9 Å². The van der Waals surface area contributed by atoms with Gasteiger partial charge < -0.3 is 15.3 Å². The Bertz CT molecular complexity index is 463. The fraction of sp³-hybridized carbons (Fsp3) is 0.333. The standard InChI is InChI=1S/C12H15BrN2O3/c1-3-15(2)11(17)7-14-12(18)8-4-5-9(13)10(16)6-8/h4-6,16H,3,7H2,1-2H3,(H,14,18). The molecule has 1 rings (SSSR count). The van der Waals surface area contributed by atoms with Crippen LogP contribution in [-0.2, 0) is 4.79 Å². The zero-order chi connectivity index (χ0) is 13.7. The van der Waals surface area contributed by atoms with Crippen LogP contribution in [0.5, 0.6) is 5.75 Å². The first kappa shape index (κ1) is 14.5. The monoisotopic (exact) mass is 314 g/mol. The van der Waals surface area contributed by atoms with Gasteiger partial charge in [0.15, 0.2) is 0 Å². The summed E-state index contributed by atoms with van der Waals surface area (Å²) >= 11 is 3.13. The number of carbonyl (C=O) groups is 2. The largest absolute Gasteiger partial charge is 0.507 e. The van der Waals surface area contributed by atoms with Crippen molar-refractivity contribution in [3.63, 3.8) is 0 Å². The number of rotatable bonds is 4. The zero-order valence-electron chi connectivity index (χ0n) is 10.2. The number of hydrogen-bond donors (Lipinski definition) is 2. The molecule has 0 bridgehead atoms. The molecule has 0 aliphatic rings. The molecular formula is C12H15BrN2O3. The van der Waals surface area contributed by atoms with E-state index in [2.05, 4.69) is 21.2 Å². The number of aromatic hydroxyl groups is 1. The Morgan fingerprint density at radius 2 is 2.11 bits per heavy atom. The smallest absolute Gasteiger partial charge is 0.251 e. The van der Waals surface area contributed by atoms with E-state index in [1.165, 1.54) is 11.0 Å². The van der Waals surface area contributed by atoms with Gasteiger partial charge in [0.25, 0.3) is 5.91 Å². The summed E-state index contributed by atoms with van der Waals surface area (Å²) in [7, 11) is 1.67. The molecule has 0 heterocycles. The van der Waals surface area contributed by atoms with E-state index >= 15 is 0 Å². The summed E-state index contributed by atoms with van der Waals surface area (Å²) in [5, 5.41) is 12.0. The molecule has 5 nitrogen and oxygen atoms in total. The van der Waals surface area contributed by atoms with E-state index in [0.717, 1.165) is 0 Å². The predicted molar refractivity (Wildman–Crippen MR) is 71.5 cm³/mol. The normalized spacial score (nSPS) is 9.94. The molecule has 0 spiro atoms. The van der Waals surface area contributed by atoms with Gasteiger partial charge in [0.1, 0.15) is 5.75 Å². The number of halogens is 1. The van der Waals surface area contributed by atoms with Crippen molar-refractivity contribution in [2.45, 2.75) is 6.92 Å². The van der Waals surface area contributed by atoms with Gasteiger partial charge in [-0.3, -0.25) is 9.59 Å². The van der Waals surface area contributed by atoms with Gasteiger partial charge in [0, 0.05) is 19.2 Å². The third kappa shape index (κ3) is 3.73. The minimum absolute atomic E-state index is 0.0142. The Hall–Kier alpha value is -1.56. The molecular weight excluding hydrogens is 300 g/mol. The summed E-state index contributed by atoms with van der Waals surface area (Å²) in [6.07, 6.45) is 0. The Kier molecular flexibility index (Phi) is 5.15. The highest BCUT2D eigenvalue weighted by Crippen LogP contribution is 2.24. The van der Waals surface area contributed by atoms with Crippen LogP contribution in [0.4, 0.5) is 0 Å². The number of hydrogen-bond acceptors (Lipinski definition) is 3. The molecule has 18 heavy (non-hydrogen) atoms. The Balaban J connectivity index is 2.60. The molecule has 0 radical (unpaired) electrons. The first-order valence-electron chi connectivity index (χ1n) is 5.46. The maximum absolute atomic E-state index is 11.7. The molecule has 0 saturated heterocycles. The number of phenolic OH excluding ortho intramolecular Hbond substituents is 1. The van der Waals surface area contributed by atoms with Crippen LogP contribution in [0.1, 0.15) is 17.3 Å². The van der Waals surface area contributed by atoms with E-state index in [4.69, 9.17) is 0 Å². The predicted octanol–water partition coefficient (Wildman–Crippen LogP) is 1.36. The molecule has 6 heteroatoms. The molecule has 1 aromatic rings. The SMILES string of the molecule is CCN(C)C(=O)CNC(=O)c1ccc(Br)c(O)c1. The van der Waals surface area contributed by atoms with Gasteiger partial charge in [-0.15, -0.1) is 0 Å². The second-order valence-electron chi connectivity index (χ2n) is 3.76. The van der Waals surface area contributed by atoms with Crippen LogP contribution in [0.3, 0.4) is 0 Å². The maximum Gasteiger partial charge on any atom is 0.251 e. The number of likely N-dealkylation sites (N-methyl/N-ethyl adjacent to an activating group) is 1. The molecule has 2 amide bonds. The molecule has 0 fully saturated rings. The quantitative estimate of drug-likeness (QED) is 0.881. The Labute approximate surface area is 114 Å². The molecule has 0 unspecified atom stereocenters. The maximum atomic E-state index is 11.7. The Morgan fingerprint density at radius 1 is 1.44 bits per heavy atom. The average Bonchev–Trinajstić information content (AvgIpc) is 2.37. The third-order valence-electron chi connectivity index (χ3n) is 2.51. The highest BCUT2D eigenvalue weighted by atomic mass is 79.9. The lowest BCUT2D eigenvalue weighted by molar-refractivity contribution is -0.128. The first-order chi connectivity index (χ1) is 8.45. The molecule has 0 aliphatic heterocycles. The average molecular weight is 315 g/mol. The van der Waals surface area contributed by atoms with Crippen molar-refractivity contribution in [3.05, 3.63) is 28.2 Å². The molecule has 1 aromatic carbocycles. The number of nitrogens with one attached hydrogen (secondary N) is 1. The molecule has 0 atom stereocenters. The van der Waals surface area contributed by atoms with Gasteiger partial charge in [-0.05, 0) is 41.1 Å². The minimum Gasteiger partial charge on any atom is -0.507 e. The van der Waals surface area contributed by atoms with Gasteiger partial charge in [0.2, 0.25) is 5.91 Å². The molecule has 0 aromatic heterocycles. The summed E-state index contributed by atoms with van der Waals surface area (Å²) in [4.78, 5) is 24.7. The van der Waals surface area contributed by atoms with Gasteiger partial charge in [-0.1, -0.05) is 0 Å². The van der Waals surface area contributed by atoms with Gasteiger partial charge in [-0.25, -0.2) is 0 Å². The molecule has 0 saturated carbocycles. The summed E-state index contributed by atoms with van der Waals surface area (Å²) in [6.45, 7) is 2.39. The van der Waals surface area contributed by atoms with Gasteiger partial charge >= 0.3 is 0 Å². The number of phenols is 1. The van der Waals surface area contributed by atoms with Crippen molar-refractivity contribution in [1.29, 1.82) is 0 Å². The van der Waals surface area contributed by atoms with Crippen LogP contribution in [0.2, 0.25) is 0 Å². The lowest BCUT2D eigenvalue weighted by atomic mass is 10.2. The lowest BCUT2D eigenvalue weighted by Gasteiger charge is -2.14. The van der Waals surface area contributed by atoms with Crippen molar-refractivity contribution in [3.8, 4) is 5.75 Å². The molecule has 98 valence electrons. The number of amides is 2. The highest BCUT2D eigenvalue weighted by molar-refractivity contribution is 9.10. The van der Waals surface area contributed by atoms with Crippen LogP contribution < -0.4 is 5.32 Å². The number of nitrogens with zero attached hydrogens (tertiary/aromatic N) is 1. The number of carbonyl (C=O) groups excluding carboxylic acids is 2. The zero-order valence-corrected chi connectivity index (χ0v) is 11.8. The fourth-order valence-corrected chi connectivity index (χ4v) is 1.47. The van der Waals surface area contributed by atoms with E-state index in [-0.39, 0.29) is 18.2 Å². The van der Waals surface area contributed by atoms with Crippen molar-refractivity contribution < 1.29 is 14.7 Å².